The minimum Gasteiger partial charge on any atom is -0.444 e. The number of nitrogens with zero attached hydrogens (tertiary/aromatic N) is 1. The van der Waals surface area contributed by atoms with Gasteiger partial charge in [0.15, 0.2) is 0 Å². The normalized spacial score (nSPS) is 28.3. The molecule has 0 radical (unpaired) electrons. The van der Waals surface area contributed by atoms with Crippen molar-refractivity contribution in [1.82, 2.24) is 15.2 Å². The Morgan fingerprint density at radius 2 is 2.20 bits per heavy atom. The Hall–Kier alpha value is -1.53. The first-order valence-corrected chi connectivity index (χ1v) is 9.37. The van der Waals surface area contributed by atoms with Gasteiger partial charge in [0.25, 0.3) is 0 Å². The lowest BCUT2D eigenvalue weighted by molar-refractivity contribution is -0.0345. The highest BCUT2D eigenvalue weighted by molar-refractivity contribution is 5.68. The van der Waals surface area contributed by atoms with Gasteiger partial charge in [-0.05, 0) is 45.7 Å². The SMILES string of the molecule is CCCn1cccc1CNC1C(NC(=O)OC(C)(C)C)C2CCOC21. The van der Waals surface area contributed by atoms with E-state index in [9.17, 15) is 4.79 Å². The lowest BCUT2D eigenvalue weighted by atomic mass is 9.71. The van der Waals surface area contributed by atoms with Crippen molar-refractivity contribution in [3.63, 3.8) is 0 Å². The zero-order chi connectivity index (χ0) is 18.0. The van der Waals surface area contributed by atoms with E-state index in [1.165, 1.54) is 5.69 Å². The molecule has 1 aliphatic carbocycles. The fourth-order valence-corrected chi connectivity index (χ4v) is 3.88. The van der Waals surface area contributed by atoms with Crippen LogP contribution >= 0.6 is 0 Å². The van der Waals surface area contributed by atoms with Crippen LogP contribution in [0.1, 0.15) is 46.2 Å². The summed E-state index contributed by atoms with van der Waals surface area (Å²) in [5.74, 6) is 0.382. The van der Waals surface area contributed by atoms with E-state index in [1.54, 1.807) is 0 Å². The predicted molar refractivity (Wildman–Crippen MR) is 96.4 cm³/mol. The topological polar surface area (TPSA) is 64.5 Å². The van der Waals surface area contributed by atoms with Crippen LogP contribution in [0.2, 0.25) is 0 Å². The lowest BCUT2D eigenvalue weighted by Gasteiger charge is -2.48. The molecule has 0 spiro atoms. The molecule has 1 aromatic heterocycles. The van der Waals surface area contributed by atoms with Crippen molar-refractivity contribution in [3.05, 3.63) is 24.0 Å². The molecule has 4 unspecified atom stereocenters. The number of amides is 1. The van der Waals surface area contributed by atoms with E-state index in [0.717, 1.165) is 32.5 Å². The van der Waals surface area contributed by atoms with E-state index >= 15 is 0 Å². The fraction of sp³-hybridized carbons (Fsp3) is 0.737. The third kappa shape index (κ3) is 4.18. The molecular formula is C19H31N3O3. The number of hydrogen-bond acceptors (Lipinski definition) is 4. The van der Waals surface area contributed by atoms with Gasteiger partial charge in [0.2, 0.25) is 0 Å². The molecule has 2 heterocycles. The average Bonchev–Trinajstić information content (AvgIpc) is 3.12. The maximum absolute atomic E-state index is 12.2. The van der Waals surface area contributed by atoms with E-state index in [4.69, 9.17) is 9.47 Å². The molecule has 2 fully saturated rings. The van der Waals surface area contributed by atoms with Gasteiger partial charge in [0.1, 0.15) is 5.60 Å². The number of nitrogens with one attached hydrogen (secondary N) is 2. The van der Waals surface area contributed by atoms with Gasteiger partial charge in [0, 0.05) is 37.5 Å². The second kappa shape index (κ2) is 7.38. The standard InChI is InChI=1S/C19H31N3O3/c1-5-9-22-10-6-7-13(22)12-20-16-15(14-8-11-24-17(14)16)21-18(23)25-19(2,3)4/h6-7,10,14-17,20H,5,8-9,11-12H2,1-4H3,(H,21,23). The molecule has 6 heteroatoms. The summed E-state index contributed by atoms with van der Waals surface area (Å²) >= 11 is 0. The van der Waals surface area contributed by atoms with E-state index in [2.05, 4.69) is 40.5 Å². The minimum absolute atomic E-state index is 0.0666. The number of fused-ring (bicyclic) bond motifs is 1. The Kier molecular flexibility index (Phi) is 5.39. The molecule has 2 aliphatic rings. The summed E-state index contributed by atoms with van der Waals surface area (Å²) in [5, 5.41) is 6.65. The van der Waals surface area contributed by atoms with Crippen molar-refractivity contribution in [2.45, 2.75) is 77.4 Å². The number of hydrogen-bond donors (Lipinski definition) is 2. The Morgan fingerprint density at radius 1 is 1.40 bits per heavy atom. The highest BCUT2D eigenvalue weighted by Crippen LogP contribution is 2.39. The van der Waals surface area contributed by atoms with Crippen LogP contribution in [0.25, 0.3) is 0 Å². The Bertz CT molecular complexity index is 593. The quantitative estimate of drug-likeness (QED) is 0.829. The summed E-state index contributed by atoms with van der Waals surface area (Å²) in [5.41, 5.74) is 0.780. The Labute approximate surface area is 150 Å². The lowest BCUT2D eigenvalue weighted by Crippen LogP contribution is -2.70. The van der Waals surface area contributed by atoms with Crippen LogP contribution in [0.4, 0.5) is 4.79 Å². The molecule has 1 amide bonds. The Morgan fingerprint density at radius 3 is 2.92 bits per heavy atom. The highest BCUT2D eigenvalue weighted by Gasteiger charge is 2.54. The number of rotatable bonds is 6. The van der Waals surface area contributed by atoms with Crippen molar-refractivity contribution < 1.29 is 14.3 Å². The first-order chi connectivity index (χ1) is 11.9. The number of ether oxygens (including phenoxy) is 2. The van der Waals surface area contributed by atoms with Gasteiger partial charge >= 0.3 is 6.09 Å². The van der Waals surface area contributed by atoms with Crippen molar-refractivity contribution >= 4 is 6.09 Å². The molecule has 1 aliphatic heterocycles. The van der Waals surface area contributed by atoms with Gasteiger partial charge in [-0.2, -0.15) is 0 Å². The number of alkyl carbamates (subject to hydrolysis) is 1. The van der Waals surface area contributed by atoms with Crippen molar-refractivity contribution in [2.75, 3.05) is 6.61 Å². The molecular weight excluding hydrogens is 318 g/mol. The molecule has 25 heavy (non-hydrogen) atoms. The molecule has 1 aromatic rings. The van der Waals surface area contributed by atoms with Crippen LogP contribution in [-0.2, 0) is 22.6 Å². The number of aryl methyl sites for hydroxylation is 1. The van der Waals surface area contributed by atoms with Gasteiger partial charge in [-0.15, -0.1) is 0 Å². The molecule has 3 rings (SSSR count). The summed E-state index contributed by atoms with van der Waals surface area (Å²) in [6.07, 6.45) is 4.07. The summed E-state index contributed by atoms with van der Waals surface area (Å²) in [7, 11) is 0. The van der Waals surface area contributed by atoms with Crippen LogP contribution < -0.4 is 10.6 Å². The summed E-state index contributed by atoms with van der Waals surface area (Å²) in [6, 6.07) is 4.42. The molecule has 4 atom stereocenters. The summed E-state index contributed by atoms with van der Waals surface area (Å²) in [6.45, 7) is 10.4. The second-order valence-corrected chi connectivity index (χ2v) is 8.06. The van der Waals surface area contributed by atoms with Gasteiger partial charge in [-0.3, -0.25) is 0 Å². The summed E-state index contributed by atoms with van der Waals surface area (Å²) < 4.78 is 13.6. The zero-order valence-corrected chi connectivity index (χ0v) is 15.7. The smallest absolute Gasteiger partial charge is 0.407 e. The third-order valence-corrected chi connectivity index (χ3v) is 4.98. The summed E-state index contributed by atoms with van der Waals surface area (Å²) in [4.78, 5) is 12.2. The Balaban J connectivity index is 1.58. The molecule has 1 saturated heterocycles. The van der Waals surface area contributed by atoms with Gasteiger partial charge in [-0.1, -0.05) is 6.92 Å². The number of carbonyl (C=O) groups is 1. The van der Waals surface area contributed by atoms with E-state index in [0.29, 0.717) is 5.92 Å². The first-order valence-electron chi connectivity index (χ1n) is 9.37. The third-order valence-electron chi connectivity index (χ3n) is 4.98. The van der Waals surface area contributed by atoms with Crippen LogP contribution in [0.3, 0.4) is 0 Å². The van der Waals surface area contributed by atoms with Gasteiger partial charge in [-0.25, -0.2) is 4.79 Å². The van der Waals surface area contributed by atoms with Crippen LogP contribution in [0, 0.1) is 5.92 Å². The monoisotopic (exact) mass is 349 g/mol. The molecule has 6 nitrogen and oxygen atoms in total. The van der Waals surface area contributed by atoms with Crippen molar-refractivity contribution in [2.24, 2.45) is 5.92 Å². The maximum atomic E-state index is 12.2. The fourth-order valence-electron chi connectivity index (χ4n) is 3.88. The minimum atomic E-state index is -0.483. The van der Waals surface area contributed by atoms with Crippen LogP contribution in [0.15, 0.2) is 18.3 Å². The van der Waals surface area contributed by atoms with Crippen molar-refractivity contribution in [1.29, 1.82) is 0 Å². The van der Waals surface area contributed by atoms with Crippen molar-refractivity contribution in [3.8, 4) is 0 Å². The van der Waals surface area contributed by atoms with Gasteiger partial charge < -0.3 is 24.7 Å². The van der Waals surface area contributed by atoms with Crippen LogP contribution in [0.5, 0.6) is 0 Å². The second-order valence-electron chi connectivity index (χ2n) is 8.06. The number of aromatic nitrogens is 1. The largest absolute Gasteiger partial charge is 0.444 e. The van der Waals surface area contributed by atoms with E-state index in [1.807, 2.05) is 20.8 Å². The van der Waals surface area contributed by atoms with E-state index < -0.39 is 5.60 Å². The first kappa shape index (κ1) is 18.3. The molecule has 140 valence electrons. The molecule has 1 saturated carbocycles. The molecule has 0 aromatic carbocycles. The average molecular weight is 349 g/mol. The molecule has 2 N–H and O–H groups in total. The zero-order valence-electron chi connectivity index (χ0n) is 15.7. The van der Waals surface area contributed by atoms with E-state index in [-0.39, 0.29) is 24.3 Å². The number of carbonyl (C=O) groups excluding carboxylic acids is 1. The molecule has 0 bridgehead atoms. The van der Waals surface area contributed by atoms with Crippen LogP contribution in [-0.4, -0.2) is 41.1 Å². The van der Waals surface area contributed by atoms with Gasteiger partial charge in [0.05, 0.1) is 18.2 Å². The predicted octanol–water partition coefficient (Wildman–Crippen LogP) is 2.67. The highest BCUT2D eigenvalue weighted by atomic mass is 16.6. The maximum Gasteiger partial charge on any atom is 0.407 e.